The second kappa shape index (κ2) is 8.46. The lowest BCUT2D eigenvalue weighted by molar-refractivity contribution is -0.141. The Bertz CT molecular complexity index is 1480. The first-order valence-corrected chi connectivity index (χ1v) is 12.2. The molecule has 0 aliphatic carbocycles. The van der Waals surface area contributed by atoms with E-state index in [9.17, 15) is 9.90 Å². The molecule has 0 saturated carbocycles. The van der Waals surface area contributed by atoms with E-state index in [2.05, 4.69) is 34.5 Å². The number of hydrogen-bond donors (Lipinski definition) is 2. The van der Waals surface area contributed by atoms with Crippen molar-refractivity contribution in [1.82, 2.24) is 24.5 Å². The Morgan fingerprint density at radius 2 is 1.86 bits per heavy atom. The molecule has 35 heavy (non-hydrogen) atoms. The van der Waals surface area contributed by atoms with Gasteiger partial charge in [-0.2, -0.15) is 5.10 Å². The number of carboxylic acid groups (broad SMARTS) is 1. The third kappa shape index (κ3) is 3.83. The summed E-state index contributed by atoms with van der Waals surface area (Å²) in [4.78, 5) is 18.2. The Hall–Kier alpha value is -3.79. The lowest BCUT2D eigenvalue weighted by atomic mass is 9.98. The lowest BCUT2D eigenvalue weighted by Gasteiger charge is -2.16. The number of nitrogens with one attached hydrogen (secondary N) is 1. The normalized spacial score (nSPS) is 15.7. The summed E-state index contributed by atoms with van der Waals surface area (Å²) in [5.74, 6) is 0.482. The number of benzene rings is 1. The largest absolute Gasteiger partial charge is 0.481 e. The van der Waals surface area contributed by atoms with Gasteiger partial charge in [0.1, 0.15) is 22.7 Å². The number of anilines is 2. The first kappa shape index (κ1) is 23.0. The van der Waals surface area contributed by atoms with Gasteiger partial charge in [-0.3, -0.25) is 19.0 Å². The van der Waals surface area contributed by atoms with Crippen LogP contribution in [0.4, 0.5) is 11.5 Å². The van der Waals surface area contributed by atoms with Crippen molar-refractivity contribution in [2.24, 2.45) is 18.0 Å². The molecule has 2 atom stereocenters. The fourth-order valence-corrected chi connectivity index (χ4v) is 5.62. The number of carbonyl (C=O) groups is 1. The van der Waals surface area contributed by atoms with Crippen molar-refractivity contribution >= 4 is 34.5 Å². The van der Waals surface area contributed by atoms with Crippen LogP contribution < -0.4 is 5.32 Å². The van der Waals surface area contributed by atoms with E-state index in [0.29, 0.717) is 11.6 Å². The van der Waals surface area contributed by atoms with Gasteiger partial charge in [0, 0.05) is 34.8 Å². The fourth-order valence-electron chi connectivity index (χ4n) is 4.40. The summed E-state index contributed by atoms with van der Waals surface area (Å²) in [5, 5.41) is 27.2. The second-order valence-corrected chi connectivity index (χ2v) is 10.2. The van der Waals surface area contributed by atoms with E-state index >= 15 is 0 Å². The number of rotatable bonds is 5. The minimum Gasteiger partial charge on any atom is -0.481 e. The predicted octanol–water partition coefficient (Wildman–Crippen LogP) is 4.65. The number of aromatic nitrogens is 5. The summed E-state index contributed by atoms with van der Waals surface area (Å²) >= 11 is 1.65. The highest BCUT2D eigenvalue weighted by atomic mass is 32.1. The molecule has 0 bridgehead atoms. The molecule has 9 nitrogen and oxygen atoms in total. The number of aryl methyl sites for hydroxylation is 4. The zero-order chi connectivity index (χ0) is 25.0. The number of thiophene rings is 1. The molecule has 2 N–H and O–H groups in total. The predicted molar refractivity (Wildman–Crippen MR) is 136 cm³/mol. The van der Waals surface area contributed by atoms with Crippen molar-refractivity contribution in [3.63, 3.8) is 0 Å². The smallest absolute Gasteiger partial charge is 0.308 e. The van der Waals surface area contributed by atoms with Crippen LogP contribution in [0.1, 0.15) is 51.9 Å². The maximum atomic E-state index is 12.0. The SMILES string of the molecule is Cc1cc(Nc2ccc(C3=NC([C@H](C)C(=O)O)c4nnc(C)n4-c4sc(C)c(C)c43)cc2)n(C)n1. The minimum absolute atomic E-state index is 0.555. The van der Waals surface area contributed by atoms with Crippen molar-refractivity contribution in [3.05, 3.63) is 69.2 Å². The summed E-state index contributed by atoms with van der Waals surface area (Å²) < 4.78 is 3.78. The third-order valence-corrected chi connectivity index (χ3v) is 7.68. The van der Waals surface area contributed by atoms with Crippen LogP contribution in [0, 0.1) is 33.6 Å². The molecule has 0 spiro atoms. The van der Waals surface area contributed by atoms with E-state index in [4.69, 9.17) is 4.99 Å². The Labute approximate surface area is 207 Å². The van der Waals surface area contributed by atoms with E-state index in [1.165, 1.54) is 4.88 Å². The summed E-state index contributed by atoms with van der Waals surface area (Å²) in [6.45, 7) is 9.69. The zero-order valence-corrected chi connectivity index (χ0v) is 21.3. The van der Waals surface area contributed by atoms with Gasteiger partial charge in [0.2, 0.25) is 0 Å². The molecule has 180 valence electrons. The number of carboxylic acids is 1. The highest BCUT2D eigenvalue weighted by Crippen LogP contribution is 2.40. The Balaban J connectivity index is 1.64. The van der Waals surface area contributed by atoms with Gasteiger partial charge in [0.25, 0.3) is 0 Å². The van der Waals surface area contributed by atoms with E-state index in [1.54, 1.807) is 22.9 Å². The topological polar surface area (TPSA) is 110 Å². The molecule has 0 saturated heterocycles. The average Bonchev–Trinajstić information content (AvgIpc) is 3.40. The Morgan fingerprint density at radius 3 is 2.49 bits per heavy atom. The quantitative estimate of drug-likeness (QED) is 0.422. The minimum atomic E-state index is -0.922. The lowest BCUT2D eigenvalue weighted by Crippen LogP contribution is -2.21. The summed E-state index contributed by atoms with van der Waals surface area (Å²) in [6.07, 6.45) is 0. The Kier molecular flexibility index (Phi) is 5.55. The van der Waals surface area contributed by atoms with Crippen LogP contribution in [0.3, 0.4) is 0 Å². The molecule has 3 aromatic heterocycles. The number of nitrogens with zero attached hydrogens (tertiary/aromatic N) is 6. The molecule has 1 aromatic carbocycles. The zero-order valence-electron chi connectivity index (χ0n) is 20.5. The van der Waals surface area contributed by atoms with Crippen molar-refractivity contribution in [2.75, 3.05) is 5.32 Å². The molecular weight excluding hydrogens is 462 g/mol. The maximum Gasteiger partial charge on any atom is 0.308 e. The van der Waals surface area contributed by atoms with Gasteiger partial charge < -0.3 is 10.4 Å². The van der Waals surface area contributed by atoms with Gasteiger partial charge >= 0.3 is 5.97 Å². The van der Waals surface area contributed by atoms with Gasteiger partial charge in [0.05, 0.1) is 17.3 Å². The summed E-state index contributed by atoms with van der Waals surface area (Å²) in [6, 6.07) is 9.35. The fraction of sp³-hybridized carbons (Fsp3) is 0.320. The van der Waals surface area contributed by atoms with Crippen LogP contribution in [-0.4, -0.2) is 41.3 Å². The highest BCUT2D eigenvalue weighted by Gasteiger charge is 2.36. The van der Waals surface area contributed by atoms with Crippen LogP contribution in [0.25, 0.3) is 5.00 Å². The van der Waals surface area contributed by atoms with E-state index < -0.39 is 17.9 Å². The van der Waals surface area contributed by atoms with Crippen molar-refractivity contribution in [2.45, 2.75) is 40.7 Å². The monoisotopic (exact) mass is 489 g/mol. The first-order valence-electron chi connectivity index (χ1n) is 11.4. The highest BCUT2D eigenvalue weighted by molar-refractivity contribution is 7.15. The van der Waals surface area contributed by atoms with Crippen LogP contribution in [-0.2, 0) is 11.8 Å². The van der Waals surface area contributed by atoms with Crippen LogP contribution in [0.5, 0.6) is 0 Å². The van der Waals surface area contributed by atoms with Crippen molar-refractivity contribution < 1.29 is 9.90 Å². The molecule has 0 amide bonds. The Morgan fingerprint density at radius 1 is 1.14 bits per heavy atom. The number of aliphatic imine (C=N–C) groups is 1. The van der Waals surface area contributed by atoms with Gasteiger partial charge in [-0.05, 0) is 52.3 Å². The molecule has 4 aromatic rings. The molecule has 4 heterocycles. The van der Waals surface area contributed by atoms with Crippen molar-refractivity contribution in [1.29, 1.82) is 0 Å². The average molecular weight is 490 g/mol. The van der Waals surface area contributed by atoms with Crippen LogP contribution in [0.2, 0.25) is 0 Å². The second-order valence-electron chi connectivity index (χ2n) is 8.95. The van der Waals surface area contributed by atoms with E-state index in [1.807, 2.05) is 55.8 Å². The molecule has 5 rings (SSSR count). The first-order chi connectivity index (χ1) is 16.7. The van der Waals surface area contributed by atoms with E-state index in [-0.39, 0.29) is 0 Å². The van der Waals surface area contributed by atoms with Gasteiger partial charge in [0.15, 0.2) is 5.82 Å². The van der Waals surface area contributed by atoms with Crippen LogP contribution >= 0.6 is 11.3 Å². The van der Waals surface area contributed by atoms with Crippen molar-refractivity contribution in [3.8, 4) is 5.00 Å². The molecule has 10 heteroatoms. The molecule has 1 aliphatic heterocycles. The maximum absolute atomic E-state index is 12.0. The summed E-state index contributed by atoms with van der Waals surface area (Å²) in [5.41, 5.74) is 5.67. The van der Waals surface area contributed by atoms with Gasteiger partial charge in [-0.15, -0.1) is 21.5 Å². The molecule has 0 fully saturated rings. The standard InChI is InChI=1S/C25H27N7O2S/c1-12-11-19(31(6)30-12)26-18-9-7-17(8-10-18)22-20-13(2)15(4)35-24(20)32-16(5)28-29-23(32)21(27-22)14(3)25(33)34/h7-11,14,21,26H,1-6H3,(H,33,34)/t14-,21?/m0/s1. The van der Waals surface area contributed by atoms with Crippen LogP contribution in [0.15, 0.2) is 35.3 Å². The number of fused-ring (bicyclic) bond motifs is 3. The van der Waals surface area contributed by atoms with Gasteiger partial charge in [-0.1, -0.05) is 12.1 Å². The van der Waals surface area contributed by atoms with E-state index in [0.717, 1.165) is 44.6 Å². The molecule has 1 unspecified atom stereocenters. The number of hydrogen-bond acceptors (Lipinski definition) is 7. The number of aliphatic carboxylic acids is 1. The third-order valence-electron chi connectivity index (χ3n) is 6.49. The van der Waals surface area contributed by atoms with Gasteiger partial charge in [-0.25, -0.2) is 0 Å². The molecule has 0 radical (unpaired) electrons. The molecule has 1 aliphatic rings. The molecular formula is C25H27N7O2S. The summed E-state index contributed by atoms with van der Waals surface area (Å²) in [7, 11) is 1.90.